The van der Waals surface area contributed by atoms with Gasteiger partial charge in [0.05, 0.1) is 17.1 Å². The normalized spacial score (nSPS) is 24.2. The molecular formula is C18H26N4O2. The largest absolute Gasteiger partial charge is 0.380 e. The first-order valence-corrected chi connectivity index (χ1v) is 8.58. The van der Waals surface area contributed by atoms with Crippen LogP contribution in [0.1, 0.15) is 30.7 Å². The fourth-order valence-corrected chi connectivity index (χ4v) is 3.40. The van der Waals surface area contributed by atoms with E-state index in [2.05, 4.69) is 34.3 Å². The highest BCUT2D eigenvalue weighted by atomic mass is 16.5. The molecule has 0 spiro atoms. The lowest BCUT2D eigenvalue weighted by Gasteiger charge is -2.32. The van der Waals surface area contributed by atoms with Crippen molar-refractivity contribution >= 4 is 16.9 Å². The lowest BCUT2D eigenvalue weighted by molar-refractivity contribution is -0.127. The number of carbonyl (C=O) groups excluding carboxylic acids is 1. The molecule has 6 nitrogen and oxygen atoms in total. The summed E-state index contributed by atoms with van der Waals surface area (Å²) in [6.45, 7) is 2.64. The molecule has 1 aromatic carbocycles. The lowest BCUT2D eigenvalue weighted by Crippen LogP contribution is -2.45. The number of hydrogen-bond donors (Lipinski definition) is 3. The van der Waals surface area contributed by atoms with E-state index in [0.29, 0.717) is 19.4 Å². The highest BCUT2D eigenvalue weighted by Gasteiger charge is 2.31. The number of nitrogens with zero attached hydrogens (tertiary/aromatic N) is 1. The van der Waals surface area contributed by atoms with Crippen LogP contribution >= 0.6 is 0 Å². The lowest BCUT2D eigenvalue weighted by atomic mass is 9.83. The first kappa shape index (κ1) is 16.9. The van der Waals surface area contributed by atoms with Crippen molar-refractivity contribution in [3.8, 4) is 0 Å². The number of aryl methyl sites for hydroxylation is 1. The van der Waals surface area contributed by atoms with Crippen molar-refractivity contribution in [2.24, 2.45) is 11.7 Å². The van der Waals surface area contributed by atoms with Crippen LogP contribution in [-0.4, -0.2) is 41.7 Å². The third-order valence-electron chi connectivity index (χ3n) is 4.86. The van der Waals surface area contributed by atoms with Crippen molar-refractivity contribution in [2.75, 3.05) is 13.7 Å². The number of nitrogens with two attached hydrogens (primary N) is 1. The molecule has 0 saturated heterocycles. The van der Waals surface area contributed by atoms with E-state index in [1.54, 1.807) is 7.11 Å². The van der Waals surface area contributed by atoms with Crippen molar-refractivity contribution in [3.63, 3.8) is 0 Å². The fourth-order valence-electron chi connectivity index (χ4n) is 3.40. The number of methoxy groups -OCH3 is 1. The predicted octanol–water partition coefficient (Wildman–Crippen LogP) is 1.67. The van der Waals surface area contributed by atoms with Gasteiger partial charge in [-0.2, -0.15) is 0 Å². The summed E-state index contributed by atoms with van der Waals surface area (Å²) in [5.41, 5.74) is 9.22. The van der Waals surface area contributed by atoms with Gasteiger partial charge in [-0.3, -0.25) is 4.79 Å². The third-order valence-corrected chi connectivity index (χ3v) is 4.86. The highest BCUT2D eigenvalue weighted by molar-refractivity contribution is 5.79. The SMILES string of the molecule is CO[C@@H]1C[C@@H](C(=O)NCCc2nc3ccc(C)cc3[nH]2)CC[C@H]1N. The summed E-state index contributed by atoms with van der Waals surface area (Å²) in [5.74, 6) is 0.986. The van der Waals surface area contributed by atoms with Gasteiger partial charge in [-0.25, -0.2) is 4.98 Å². The number of H-pyrrole nitrogens is 1. The Morgan fingerprint density at radius 2 is 2.29 bits per heavy atom. The van der Waals surface area contributed by atoms with E-state index in [0.717, 1.165) is 29.7 Å². The second kappa shape index (κ2) is 7.32. The van der Waals surface area contributed by atoms with E-state index in [9.17, 15) is 4.79 Å². The number of rotatable bonds is 5. The van der Waals surface area contributed by atoms with Gasteiger partial charge >= 0.3 is 0 Å². The third kappa shape index (κ3) is 3.76. The van der Waals surface area contributed by atoms with Crippen LogP contribution in [0.15, 0.2) is 18.2 Å². The fraction of sp³-hybridized carbons (Fsp3) is 0.556. The van der Waals surface area contributed by atoms with Gasteiger partial charge in [-0.15, -0.1) is 0 Å². The summed E-state index contributed by atoms with van der Waals surface area (Å²) in [5, 5.41) is 3.02. The highest BCUT2D eigenvalue weighted by Crippen LogP contribution is 2.25. The van der Waals surface area contributed by atoms with Crippen LogP contribution in [0.4, 0.5) is 0 Å². The Morgan fingerprint density at radius 1 is 1.46 bits per heavy atom. The molecule has 0 bridgehead atoms. The summed E-state index contributed by atoms with van der Waals surface area (Å²) in [6, 6.07) is 6.19. The van der Waals surface area contributed by atoms with E-state index in [1.165, 1.54) is 5.56 Å². The quantitative estimate of drug-likeness (QED) is 0.777. The van der Waals surface area contributed by atoms with Gasteiger partial charge in [-0.1, -0.05) is 6.07 Å². The van der Waals surface area contributed by atoms with Crippen molar-refractivity contribution in [2.45, 2.75) is 44.8 Å². The van der Waals surface area contributed by atoms with Gasteiger partial charge in [0, 0.05) is 32.0 Å². The minimum absolute atomic E-state index is 0.00641. The number of aromatic amines is 1. The number of fused-ring (bicyclic) bond motifs is 1. The molecular weight excluding hydrogens is 304 g/mol. The first-order chi connectivity index (χ1) is 11.6. The maximum absolute atomic E-state index is 12.3. The molecule has 0 radical (unpaired) electrons. The summed E-state index contributed by atoms with van der Waals surface area (Å²) in [6.07, 6.45) is 3.04. The van der Waals surface area contributed by atoms with E-state index >= 15 is 0 Å². The summed E-state index contributed by atoms with van der Waals surface area (Å²) < 4.78 is 5.38. The van der Waals surface area contributed by atoms with E-state index in [1.807, 2.05) is 6.07 Å². The monoisotopic (exact) mass is 330 g/mol. The van der Waals surface area contributed by atoms with Crippen LogP contribution in [0.2, 0.25) is 0 Å². The molecule has 3 rings (SSSR count). The topological polar surface area (TPSA) is 93.0 Å². The molecule has 4 N–H and O–H groups in total. The van der Waals surface area contributed by atoms with Crippen LogP contribution in [0.3, 0.4) is 0 Å². The molecule has 1 heterocycles. The van der Waals surface area contributed by atoms with Crippen LogP contribution in [0, 0.1) is 12.8 Å². The average Bonchev–Trinajstić information content (AvgIpc) is 2.96. The zero-order valence-corrected chi connectivity index (χ0v) is 14.3. The van der Waals surface area contributed by atoms with E-state index in [4.69, 9.17) is 10.5 Å². The Morgan fingerprint density at radius 3 is 3.08 bits per heavy atom. The minimum Gasteiger partial charge on any atom is -0.380 e. The number of ether oxygens (including phenoxy) is 1. The number of carbonyl (C=O) groups is 1. The first-order valence-electron chi connectivity index (χ1n) is 8.58. The molecule has 1 aliphatic carbocycles. The Hall–Kier alpha value is -1.92. The van der Waals surface area contributed by atoms with Crippen LogP contribution in [0.25, 0.3) is 11.0 Å². The maximum atomic E-state index is 12.3. The Kier molecular flexibility index (Phi) is 5.16. The molecule has 1 amide bonds. The van der Waals surface area contributed by atoms with Crippen molar-refractivity contribution in [1.82, 2.24) is 15.3 Å². The summed E-state index contributed by atoms with van der Waals surface area (Å²) >= 11 is 0. The van der Waals surface area contributed by atoms with Gasteiger partial charge in [-0.05, 0) is 43.9 Å². The van der Waals surface area contributed by atoms with Gasteiger partial charge in [0.15, 0.2) is 0 Å². The zero-order valence-electron chi connectivity index (χ0n) is 14.3. The van der Waals surface area contributed by atoms with E-state index in [-0.39, 0.29) is 24.0 Å². The average molecular weight is 330 g/mol. The Bertz CT molecular complexity index is 712. The van der Waals surface area contributed by atoms with Gasteiger partial charge in [0.2, 0.25) is 5.91 Å². The van der Waals surface area contributed by atoms with Gasteiger partial charge in [0.1, 0.15) is 5.82 Å². The Balaban J connectivity index is 1.51. The van der Waals surface area contributed by atoms with Crippen LogP contribution < -0.4 is 11.1 Å². The minimum atomic E-state index is -0.0203. The van der Waals surface area contributed by atoms with Crippen molar-refractivity contribution < 1.29 is 9.53 Å². The standard InChI is InChI=1S/C18H26N4O2/c1-11-3-6-14-15(9-11)22-17(21-14)7-8-20-18(23)12-4-5-13(19)16(10-12)24-2/h3,6,9,12-13,16H,4-5,7-8,10,19H2,1-2H3,(H,20,23)(H,21,22)/t12-,13+,16+/m0/s1. The predicted molar refractivity (Wildman–Crippen MR) is 93.7 cm³/mol. The molecule has 1 saturated carbocycles. The molecule has 3 atom stereocenters. The number of imidazole rings is 1. The molecule has 1 aliphatic rings. The number of aromatic nitrogens is 2. The molecule has 24 heavy (non-hydrogen) atoms. The number of amides is 1. The molecule has 1 fully saturated rings. The molecule has 130 valence electrons. The number of nitrogens with one attached hydrogen (secondary N) is 2. The van der Waals surface area contributed by atoms with E-state index < -0.39 is 0 Å². The second-order valence-electron chi connectivity index (χ2n) is 6.69. The van der Waals surface area contributed by atoms with Crippen LogP contribution in [0.5, 0.6) is 0 Å². The smallest absolute Gasteiger partial charge is 0.223 e. The maximum Gasteiger partial charge on any atom is 0.223 e. The molecule has 1 aromatic heterocycles. The van der Waals surface area contributed by atoms with Gasteiger partial charge < -0.3 is 20.8 Å². The number of hydrogen-bond acceptors (Lipinski definition) is 4. The molecule has 0 aliphatic heterocycles. The molecule has 2 aromatic rings. The molecule has 0 unspecified atom stereocenters. The van der Waals surface area contributed by atoms with Crippen LogP contribution in [-0.2, 0) is 16.0 Å². The second-order valence-corrected chi connectivity index (χ2v) is 6.69. The summed E-state index contributed by atoms with van der Waals surface area (Å²) in [7, 11) is 1.66. The number of benzene rings is 1. The summed E-state index contributed by atoms with van der Waals surface area (Å²) in [4.78, 5) is 20.2. The zero-order chi connectivity index (χ0) is 17.1. The van der Waals surface area contributed by atoms with Crippen molar-refractivity contribution in [3.05, 3.63) is 29.6 Å². The van der Waals surface area contributed by atoms with Gasteiger partial charge in [0.25, 0.3) is 0 Å². The Labute approximate surface area is 142 Å². The molecule has 6 heteroatoms. The van der Waals surface area contributed by atoms with Crippen molar-refractivity contribution in [1.29, 1.82) is 0 Å².